The molecule has 1 heterocycles. The molecule has 9 heteroatoms. The van der Waals surface area contributed by atoms with E-state index in [2.05, 4.69) is 57.6 Å². The first-order chi connectivity index (χ1) is 13.5. The first kappa shape index (κ1) is 25.6. The van der Waals surface area contributed by atoms with E-state index in [1.54, 1.807) is 0 Å². The van der Waals surface area contributed by atoms with Gasteiger partial charge in [-0.15, -0.1) is 34.2 Å². The van der Waals surface area contributed by atoms with Gasteiger partial charge >= 0.3 is 0 Å². The summed E-state index contributed by atoms with van der Waals surface area (Å²) in [5.74, 6) is 2.47. The van der Waals surface area contributed by atoms with Crippen LogP contribution in [0.15, 0.2) is 29.3 Å². The lowest BCUT2D eigenvalue weighted by Gasteiger charge is -2.31. The van der Waals surface area contributed by atoms with Crippen molar-refractivity contribution in [3.05, 3.63) is 46.5 Å². The lowest BCUT2D eigenvalue weighted by molar-refractivity contribution is 0.219. The van der Waals surface area contributed by atoms with Gasteiger partial charge in [-0.3, -0.25) is 4.90 Å². The second-order valence-corrected chi connectivity index (χ2v) is 6.96. The number of aryl methyl sites for hydroxylation is 1. The second kappa shape index (κ2) is 13.0. The Morgan fingerprint density at radius 2 is 1.86 bits per heavy atom. The summed E-state index contributed by atoms with van der Waals surface area (Å²) < 4.78 is 1.95. The van der Waals surface area contributed by atoms with Crippen molar-refractivity contribution in [3.63, 3.8) is 0 Å². The topological polar surface area (TPSA) is 70.4 Å². The van der Waals surface area contributed by atoms with Gasteiger partial charge in [-0.2, -0.15) is 0 Å². The molecule has 7 nitrogen and oxygen atoms in total. The molecule has 0 radical (unpaired) electrons. The van der Waals surface area contributed by atoms with Crippen molar-refractivity contribution in [2.45, 2.75) is 40.3 Å². The van der Waals surface area contributed by atoms with Gasteiger partial charge in [0.15, 0.2) is 11.8 Å². The summed E-state index contributed by atoms with van der Waals surface area (Å²) >= 11 is 6.50. The Morgan fingerprint density at radius 1 is 1.17 bits per heavy atom. The maximum atomic E-state index is 6.50. The number of aliphatic imine (C=N–C) groups is 1. The summed E-state index contributed by atoms with van der Waals surface area (Å²) in [4.78, 5) is 7.07. The average molecular weight is 534 g/mol. The number of halogens is 2. The van der Waals surface area contributed by atoms with E-state index in [4.69, 9.17) is 11.6 Å². The van der Waals surface area contributed by atoms with Crippen molar-refractivity contribution in [1.29, 1.82) is 0 Å². The van der Waals surface area contributed by atoms with Crippen LogP contribution in [-0.2, 0) is 13.6 Å². The number of hydrogen-bond donors (Lipinski definition) is 2. The van der Waals surface area contributed by atoms with Crippen LogP contribution in [-0.4, -0.2) is 51.8 Å². The fourth-order valence-corrected chi connectivity index (χ4v) is 3.38. The summed E-state index contributed by atoms with van der Waals surface area (Å²) in [6.45, 7) is 12.2. The van der Waals surface area contributed by atoms with Gasteiger partial charge in [0, 0.05) is 25.2 Å². The maximum absolute atomic E-state index is 6.50. The number of nitrogens with one attached hydrogen (secondary N) is 2. The Morgan fingerprint density at radius 3 is 2.41 bits per heavy atom. The van der Waals surface area contributed by atoms with Gasteiger partial charge in [0.1, 0.15) is 12.4 Å². The molecule has 0 spiro atoms. The molecule has 0 aliphatic carbocycles. The number of nitrogens with zero attached hydrogens (tertiary/aromatic N) is 5. The van der Waals surface area contributed by atoms with Crippen LogP contribution >= 0.6 is 35.6 Å². The third kappa shape index (κ3) is 7.11. The van der Waals surface area contributed by atoms with Crippen LogP contribution in [0.3, 0.4) is 0 Å². The Balaban J connectivity index is 0.00000420. The van der Waals surface area contributed by atoms with Gasteiger partial charge in [0.05, 0.1) is 6.04 Å². The zero-order valence-corrected chi connectivity index (χ0v) is 21.0. The highest BCUT2D eigenvalue weighted by Crippen LogP contribution is 2.26. The molecule has 0 aliphatic rings. The number of likely N-dealkylation sites (N-methyl/N-ethyl adjacent to an activating group) is 1. The van der Waals surface area contributed by atoms with E-state index in [-0.39, 0.29) is 30.0 Å². The third-order valence-corrected chi connectivity index (χ3v) is 5.23. The summed E-state index contributed by atoms with van der Waals surface area (Å²) in [6.07, 6.45) is 0. The molecular formula is C20H33ClIN7. The molecule has 2 aromatic rings. The van der Waals surface area contributed by atoms with E-state index < -0.39 is 0 Å². The summed E-state index contributed by atoms with van der Waals surface area (Å²) in [6, 6.07) is 8.20. The van der Waals surface area contributed by atoms with Gasteiger partial charge in [0.2, 0.25) is 0 Å². The Bertz CT molecular complexity index is 774. The van der Waals surface area contributed by atoms with E-state index in [1.807, 2.05) is 36.7 Å². The van der Waals surface area contributed by atoms with Crippen molar-refractivity contribution in [2.75, 3.05) is 26.2 Å². The van der Waals surface area contributed by atoms with Gasteiger partial charge in [-0.1, -0.05) is 43.6 Å². The lowest BCUT2D eigenvalue weighted by atomic mass is 10.0. The minimum absolute atomic E-state index is 0. The molecule has 2 N–H and O–H groups in total. The van der Waals surface area contributed by atoms with E-state index in [0.29, 0.717) is 13.1 Å². The zero-order chi connectivity index (χ0) is 20.5. The SMILES string of the molecule is CCNC(=NCc1nnc(C)n1C)NCC(c1ccccc1Cl)N(CC)CC.I. The van der Waals surface area contributed by atoms with Crippen molar-refractivity contribution in [1.82, 2.24) is 30.3 Å². The number of guanidine groups is 1. The predicted molar refractivity (Wildman–Crippen MR) is 131 cm³/mol. The number of aromatic nitrogens is 3. The Kier molecular flexibility index (Phi) is 11.5. The Hall–Kier alpha value is -1.39. The number of hydrogen-bond acceptors (Lipinski definition) is 4. The number of benzene rings is 1. The summed E-state index contributed by atoms with van der Waals surface area (Å²) in [7, 11) is 1.95. The van der Waals surface area contributed by atoms with Crippen LogP contribution in [0.1, 0.15) is 44.0 Å². The molecule has 0 bridgehead atoms. The van der Waals surface area contributed by atoms with Crippen molar-refractivity contribution >= 4 is 41.5 Å². The van der Waals surface area contributed by atoms with Gasteiger partial charge in [-0.25, -0.2) is 4.99 Å². The van der Waals surface area contributed by atoms with Crippen LogP contribution in [0.25, 0.3) is 0 Å². The number of rotatable bonds is 9. The van der Waals surface area contributed by atoms with Gasteiger partial charge in [-0.05, 0) is 38.6 Å². The maximum Gasteiger partial charge on any atom is 0.191 e. The predicted octanol–water partition coefficient (Wildman–Crippen LogP) is 3.53. The molecule has 1 aromatic heterocycles. The zero-order valence-electron chi connectivity index (χ0n) is 17.9. The first-order valence-corrected chi connectivity index (χ1v) is 10.2. The average Bonchev–Trinajstić information content (AvgIpc) is 3.02. The molecule has 1 unspecified atom stereocenters. The van der Waals surface area contributed by atoms with E-state index in [0.717, 1.165) is 47.8 Å². The van der Waals surface area contributed by atoms with E-state index >= 15 is 0 Å². The van der Waals surface area contributed by atoms with Gasteiger partial charge < -0.3 is 15.2 Å². The standard InChI is InChI=1S/C20H32ClN7.HI/c1-6-22-20(24-14-19-26-25-15(4)27(19)5)23-13-18(28(7-2)8-3)16-11-9-10-12-17(16)21;/h9-12,18H,6-8,13-14H2,1-5H3,(H2,22,23,24);1H. The second-order valence-electron chi connectivity index (χ2n) is 6.56. The molecule has 0 fully saturated rings. The molecule has 0 aliphatic heterocycles. The van der Waals surface area contributed by atoms with Crippen LogP contribution < -0.4 is 10.6 Å². The van der Waals surface area contributed by atoms with Crippen LogP contribution in [0.4, 0.5) is 0 Å². The van der Waals surface area contributed by atoms with E-state index in [9.17, 15) is 0 Å². The van der Waals surface area contributed by atoms with Gasteiger partial charge in [0.25, 0.3) is 0 Å². The Labute approximate surface area is 196 Å². The van der Waals surface area contributed by atoms with Crippen LogP contribution in [0.2, 0.25) is 5.02 Å². The molecule has 29 heavy (non-hydrogen) atoms. The smallest absolute Gasteiger partial charge is 0.191 e. The normalized spacial score (nSPS) is 12.6. The van der Waals surface area contributed by atoms with Crippen LogP contribution in [0, 0.1) is 6.92 Å². The molecule has 1 aromatic carbocycles. The fraction of sp³-hybridized carbons (Fsp3) is 0.550. The molecule has 0 saturated carbocycles. The minimum atomic E-state index is 0. The highest BCUT2D eigenvalue weighted by Gasteiger charge is 2.20. The monoisotopic (exact) mass is 533 g/mol. The van der Waals surface area contributed by atoms with Crippen molar-refractivity contribution in [3.8, 4) is 0 Å². The highest BCUT2D eigenvalue weighted by molar-refractivity contribution is 14.0. The molecule has 0 saturated heterocycles. The third-order valence-electron chi connectivity index (χ3n) is 4.89. The molecular weight excluding hydrogens is 501 g/mol. The molecule has 1 atom stereocenters. The summed E-state index contributed by atoms with van der Waals surface area (Å²) in [5.41, 5.74) is 1.13. The molecule has 162 valence electrons. The van der Waals surface area contributed by atoms with Crippen molar-refractivity contribution < 1.29 is 0 Å². The first-order valence-electron chi connectivity index (χ1n) is 9.87. The summed E-state index contributed by atoms with van der Waals surface area (Å²) in [5, 5.41) is 15.8. The molecule has 2 rings (SSSR count). The quantitative estimate of drug-likeness (QED) is 0.293. The minimum Gasteiger partial charge on any atom is -0.357 e. The fourth-order valence-electron chi connectivity index (χ4n) is 3.12. The molecule has 0 amide bonds. The largest absolute Gasteiger partial charge is 0.357 e. The lowest BCUT2D eigenvalue weighted by Crippen LogP contribution is -2.43. The highest BCUT2D eigenvalue weighted by atomic mass is 127. The van der Waals surface area contributed by atoms with Crippen LogP contribution in [0.5, 0.6) is 0 Å². The van der Waals surface area contributed by atoms with Crippen molar-refractivity contribution in [2.24, 2.45) is 12.0 Å². The van der Waals surface area contributed by atoms with E-state index in [1.165, 1.54) is 0 Å².